The molecule has 0 aliphatic heterocycles. The Hall–Kier alpha value is -3.14. The standard InChI is InChI=1S/C18H14N4/c19-15-11-14-17(21-15)16(12-7-3-1-4-8-12)22-18(20-14)13-9-5-2-6-10-13/h1-11,21H,19H2. The van der Waals surface area contributed by atoms with Gasteiger partial charge in [0.2, 0.25) is 0 Å². The van der Waals surface area contributed by atoms with Crippen molar-refractivity contribution in [2.24, 2.45) is 0 Å². The van der Waals surface area contributed by atoms with Crippen LogP contribution < -0.4 is 5.73 Å². The Morgan fingerprint density at radius 3 is 2.09 bits per heavy atom. The molecule has 0 saturated heterocycles. The molecule has 0 amide bonds. The summed E-state index contributed by atoms with van der Waals surface area (Å²) >= 11 is 0. The molecule has 4 nitrogen and oxygen atoms in total. The summed E-state index contributed by atoms with van der Waals surface area (Å²) in [6.45, 7) is 0. The van der Waals surface area contributed by atoms with E-state index in [1.54, 1.807) is 0 Å². The first-order chi connectivity index (χ1) is 10.8. The molecule has 22 heavy (non-hydrogen) atoms. The van der Waals surface area contributed by atoms with Crippen LogP contribution in [0.1, 0.15) is 0 Å². The van der Waals surface area contributed by atoms with Crippen molar-refractivity contribution in [2.45, 2.75) is 0 Å². The summed E-state index contributed by atoms with van der Waals surface area (Å²) < 4.78 is 0. The Morgan fingerprint density at radius 2 is 1.41 bits per heavy atom. The fourth-order valence-electron chi connectivity index (χ4n) is 2.55. The first kappa shape index (κ1) is 12.6. The highest BCUT2D eigenvalue weighted by molar-refractivity contribution is 5.93. The third-order valence-corrected chi connectivity index (χ3v) is 3.58. The number of aromatic nitrogens is 3. The largest absolute Gasteiger partial charge is 0.385 e. The van der Waals surface area contributed by atoms with Crippen molar-refractivity contribution < 1.29 is 0 Å². The summed E-state index contributed by atoms with van der Waals surface area (Å²) in [6.07, 6.45) is 0. The second-order valence-corrected chi connectivity index (χ2v) is 5.11. The van der Waals surface area contributed by atoms with Crippen molar-refractivity contribution in [3.8, 4) is 22.6 Å². The minimum absolute atomic E-state index is 0.590. The summed E-state index contributed by atoms with van der Waals surface area (Å²) in [6, 6.07) is 21.9. The first-order valence-electron chi connectivity index (χ1n) is 7.08. The molecule has 4 rings (SSSR count). The van der Waals surface area contributed by atoms with Crippen LogP contribution in [0, 0.1) is 0 Å². The van der Waals surface area contributed by atoms with E-state index in [2.05, 4.69) is 9.97 Å². The summed E-state index contributed by atoms with van der Waals surface area (Å²) in [5, 5.41) is 0. The predicted molar refractivity (Wildman–Crippen MR) is 89.2 cm³/mol. The van der Waals surface area contributed by atoms with Crippen LogP contribution in [-0.2, 0) is 0 Å². The number of nitrogens with zero attached hydrogens (tertiary/aromatic N) is 2. The number of H-pyrrole nitrogens is 1. The van der Waals surface area contributed by atoms with E-state index in [4.69, 9.17) is 10.7 Å². The van der Waals surface area contributed by atoms with Crippen molar-refractivity contribution >= 4 is 16.9 Å². The lowest BCUT2D eigenvalue weighted by Gasteiger charge is -2.06. The van der Waals surface area contributed by atoms with Gasteiger partial charge in [-0.1, -0.05) is 60.7 Å². The molecule has 4 aromatic rings. The van der Waals surface area contributed by atoms with Crippen LogP contribution in [0.3, 0.4) is 0 Å². The fraction of sp³-hybridized carbons (Fsp3) is 0. The molecule has 0 unspecified atom stereocenters. The highest BCUT2D eigenvalue weighted by Crippen LogP contribution is 2.29. The van der Waals surface area contributed by atoms with E-state index in [0.717, 1.165) is 27.9 Å². The molecule has 2 aromatic heterocycles. The molecule has 3 N–H and O–H groups in total. The van der Waals surface area contributed by atoms with Crippen molar-refractivity contribution in [3.63, 3.8) is 0 Å². The lowest BCUT2D eigenvalue weighted by Crippen LogP contribution is -1.94. The van der Waals surface area contributed by atoms with Gasteiger partial charge in [-0.2, -0.15) is 0 Å². The van der Waals surface area contributed by atoms with Crippen molar-refractivity contribution in [1.29, 1.82) is 0 Å². The summed E-state index contributed by atoms with van der Waals surface area (Å²) in [5.74, 6) is 1.29. The summed E-state index contributed by atoms with van der Waals surface area (Å²) in [4.78, 5) is 12.5. The molecule has 0 atom stereocenters. The van der Waals surface area contributed by atoms with Gasteiger partial charge in [-0.05, 0) is 0 Å². The maximum atomic E-state index is 5.90. The summed E-state index contributed by atoms with van der Waals surface area (Å²) in [7, 11) is 0. The number of anilines is 1. The van der Waals surface area contributed by atoms with E-state index in [0.29, 0.717) is 11.6 Å². The fourth-order valence-corrected chi connectivity index (χ4v) is 2.55. The number of benzene rings is 2. The minimum atomic E-state index is 0.590. The predicted octanol–water partition coefficient (Wildman–Crippen LogP) is 3.87. The zero-order valence-corrected chi connectivity index (χ0v) is 11.8. The molecule has 0 spiro atoms. The number of aromatic amines is 1. The third kappa shape index (κ3) is 2.11. The number of hydrogen-bond donors (Lipinski definition) is 2. The molecular formula is C18H14N4. The monoisotopic (exact) mass is 286 g/mol. The van der Waals surface area contributed by atoms with Gasteiger partial charge in [-0.15, -0.1) is 0 Å². The highest BCUT2D eigenvalue weighted by atomic mass is 15.0. The van der Waals surface area contributed by atoms with E-state index in [9.17, 15) is 0 Å². The molecule has 106 valence electrons. The second kappa shape index (κ2) is 5.00. The molecular weight excluding hydrogens is 272 g/mol. The van der Waals surface area contributed by atoms with Crippen LogP contribution in [0.15, 0.2) is 66.7 Å². The smallest absolute Gasteiger partial charge is 0.160 e. The number of rotatable bonds is 2. The first-order valence-corrected chi connectivity index (χ1v) is 7.08. The lowest BCUT2D eigenvalue weighted by atomic mass is 10.1. The van der Waals surface area contributed by atoms with Gasteiger partial charge in [0, 0.05) is 17.2 Å². The van der Waals surface area contributed by atoms with Crippen molar-refractivity contribution in [2.75, 3.05) is 5.73 Å². The van der Waals surface area contributed by atoms with Crippen LogP contribution in [0.2, 0.25) is 0 Å². The molecule has 0 fully saturated rings. The normalized spacial score (nSPS) is 10.9. The van der Waals surface area contributed by atoms with Crippen molar-refractivity contribution in [3.05, 3.63) is 66.7 Å². The van der Waals surface area contributed by atoms with Crippen LogP contribution >= 0.6 is 0 Å². The molecule has 0 aliphatic rings. The minimum Gasteiger partial charge on any atom is -0.385 e. The second-order valence-electron chi connectivity index (χ2n) is 5.11. The Labute approximate surface area is 127 Å². The maximum absolute atomic E-state index is 5.90. The Bertz CT molecular complexity index is 927. The molecule has 0 saturated carbocycles. The van der Waals surface area contributed by atoms with Crippen LogP contribution in [0.25, 0.3) is 33.7 Å². The van der Waals surface area contributed by atoms with E-state index >= 15 is 0 Å². The Morgan fingerprint density at radius 1 is 0.773 bits per heavy atom. The number of nitrogens with one attached hydrogen (secondary N) is 1. The molecule has 4 heteroatoms. The molecule has 0 bridgehead atoms. The quantitative estimate of drug-likeness (QED) is 0.587. The van der Waals surface area contributed by atoms with Crippen LogP contribution in [0.4, 0.5) is 5.82 Å². The highest BCUT2D eigenvalue weighted by Gasteiger charge is 2.13. The number of nitrogens with two attached hydrogens (primary N) is 1. The van der Waals surface area contributed by atoms with Gasteiger partial charge >= 0.3 is 0 Å². The van der Waals surface area contributed by atoms with Gasteiger partial charge in [0.05, 0.1) is 16.7 Å². The molecule has 2 aromatic carbocycles. The Balaban J connectivity index is 2.02. The summed E-state index contributed by atoms with van der Waals surface area (Å²) in [5.41, 5.74) is 10.5. The molecule has 2 heterocycles. The number of fused-ring (bicyclic) bond motifs is 1. The topological polar surface area (TPSA) is 67.6 Å². The van der Waals surface area contributed by atoms with Gasteiger partial charge in [-0.3, -0.25) is 0 Å². The van der Waals surface area contributed by atoms with Gasteiger partial charge in [-0.25, -0.2) is 9.97 Å². The van der Waals surface area contributed by atoms with Crippen LogP contribution in [0.5, 0.6) is 0 Å². The van der Waals surface area contributed by atoms with Gasteiger partial charge in [0.1, 0.15) is 5.82 Å². The number of nitrogen functional groups attached to an aromatic ring is 1. The SMILES string of the molecule is Nc1cc2nc(-c3ccccc3)nc(-c3ccccc3)c2[nH]1. The zero-order chi connectivity index (χ0) is 14.9. The van der Waals surface area contributed by atoms with Gasteiger partial charge < -0.3 is 10.7 Å². The van der Waals surface area contributed by atoms with Gasteiger partial charge in [0.25, 0.3) is 0 Å². The zero-order valence-electron chi connectivity index (χ0n) is 11.8. The lowest BCUT2D eigenvalue weighted by molar-refractivity contribution is 1.22. The average Bonchev–Trinajstić information content (AvgIpc) is 2.95. The van der Waals surface area contributed by atoms with E-state index in [1.165, 1.54) is 0 Å². The van der Waals surface area contributed by atoms with Crippen LogP contribution in [-0.4, -0.2) is 15.0 Å². The van der Waals surface area contributed by atoms with Crippen molar-refractivity contribution in [1.82, 2.24) is 15.0 Å². The molecule has 0 radical (unpaired) electrons. The van der Waals surface area contributed by atoms with E-state index < -0.39 is 0 Å². The maximum Gasteiger partial charge on any atom is 0.160 e. The third-order valence-electron chi connectivity index (χ3n) is 3.58. The van der Waals surface area contributed by atoms with E-state index in [1.807, 2.05) is 66.7 Å². The molecule has 0 aliphatic carbocycles. The number of hydrogen-bond acceptors (Lipinski definition) is 3. The van der Waals surface area contributed by atoms with Gasteiger partial charge in [0.15, 0.2) is 5.82 Å². The van der Waals surface area contributed by atoms with E-state index in [-0.39, 0.29) is 0 Å². The average molecular weight is 286 g/mol. The Kier molecular flexibility index (Phi) is 2.86.